The molecule has 1 aromatic carbocycles. The van der Waals surface area contributed by atoms with E-state index in [4.69, 9.17) is 4.42 Å². The number of hydrogen-bond acceptors (Lipinski definition) is 2. The topological polar surface area (TPSA) is 30.2 Å². The quantitative estimate of drug-likeness (QED) is 0.599. The van der Waals surface area contributed by atoms with Crippen LogP contribution in [-0.2, 0) is 6.18 Å². The van der Waals surface area contributed by atoms with E-state index in [9.17, 15) is 22.4 Å². The number of benzene rings is 1. The van der Waals surface area contributed by atoms with E-state index < -0.39 is 23.3 Å². The standard InChI is InChI=1S/C12H5BrF4O2/c13-8-3-4-19-11(8)10(18)6-1-2-9(14)7(5-6)12(15,16)17/h1-5H. The Kier molecular flexibility index (Phi) is 3.49. The van der Waals surface area contributed by atoms with Crippen molar-refractivity contribution in [3.8, 4) is 0 Å². The van der Waals surface area contributed by atoms with Crippen molar-refractivity contribution >= 4 is 21.7 Å². The third kappa shape index (κ3) is 2.70. The lowest BCUT2D eigenvalue weighted by molar-refractivity contribution is -0.140. The molecule has 0 bridgehead atoms. The zero-order chi connectivity index (χ0) is 14.2. The second-order valence-corrected chi connectivity index (χ2v) is 4.47. The zero-order valence-electron chi connectivity index (χ0n) is 9.09. The van der Waals surface area contributed by atoms with Crippen molar-refractivity contribution in [2.45, 2.75) is 6.18 Å². The molecule has 0 N–H and O–H groups in total. The van der Waals surface area contributed by atoms with Crippen molar-refractivity contribution in [3.05, 3.63) is 57.7 Å². The summed E-state index contributed by atoms with van der Waals surface area (Å²) in [5.41, 5.74) is -1.79. The van der Waals surface area contributed by atoms with Gasteiger partial charge in [0.25, 0.3) is 0 Å². The molecule has 0 aliphatic carbocycles. The van der Waals surface area contributed by atoms with E-state index in [-0.39, 0.29) is 11.3 Å². The number of carbonyl (C=O) groups excluding carboxylic acids is 1. The predicted octanol–water partition coefficient (Wildman–Crippen LogP) is 4.43. The first-order valence-corrected chi connectivity index (χ1v) is 5.74. The highest BCUT2D eigenvalue weighted by molar-refractivity contribution is 9.10. The molecule has 0 saturated heterocycles. The fourth-order valence-corrected chi connectivity index (χ4v) is 1.85. The van der Waals surface area contributed by atoms with E-state index in [1.807, 2.05) is 0 Å². The molecular formula is C12H5BrF4O2. The van der Waals surface area contributed by atoms with Crippen LogP contribution < -0.4 is 0 Å². The van der Waals surface area contributed by atoms with Gasteiger partial charge in [-0.2, -0.15) is 13.2 Å². The van der Waals surface area contributed by atoms with Crippen LogP contribution in [0.25, 0.3) is 0 Å². The van der Waals surface area contributed by atoms with E-state index >= 15 is 0 Å². The lowest BCUT2D eigenvalue weighted by Crippen LogP contribution is -2.10. The van der Waals surface area contributed by atoms with E-state index in [0.717, 1.165) is 6.07 Å². The Morgan fingerprint density at radius 2 is 1.89 bits per heavy atom. The summed E-state index contributed by atoms with van der Waals surface area (Å²) in [6.07, 6.45) is -3.65. The molecule has 0 aliphatic heterocycles. The van der Waals surface area contributed by atoms with Crippen LogP contribution in [0, 0.1) is 5.82 Å². The molecule has 100 valence electrons. The Bertz CT molecular complexity index is 631. The maximum atomic E-state index is 13.1. The van der Waals surface area contributed by atoms with Crippen molar-refractivity contribution in [2.75, 3.05) is 0 Å². The summed E-state index contributed by atoms with van der Waals surface area (Å²) in [6.45, 7) is 0. The highest BCUT2D eigenvalue weighted by Gasteiger charge is 2.35. The third-order valence-corrected chi connectivity index (χ3v) is 2.98. The Morgan fingerprint density at radius 3 is 2.42 bits per heavy atom. The van der Waals surface area contributed by atoms with Gasteiger partial charge in [0.05, 0.1) is 16.3 Å². The summed E-state index contributed by atoms with van der Waals surface area (Å²) in [6, 6.07) is 3.48. The van der Waals surface area contributed by atoms with E-state index in [1.54, 1.807) is 0 Å². The maximum absolute atomic E-state index is 13.1. The molecule has 7 heteroatoms. The van der Waals surface area contributed by atoms with Crippen molar-refractivity contribution in [2.24, 2.45) is 0 Å². The number of rotatable bonds is 2. The number of carbonyl (C=O) groups is 1. The molecule has 1 aromatic heterocycles. The Balaban J connectivity index is 2.48. The third-order valence-electron chi connectivity index (χ3n) is 2.36. The van der Waals surface area contributed by atoms with Gasteiger partial charge in [0.15, 0.2) is 5.76 Å². The molecule has 0 amide bonds. The summed E-state index contributed by atoms with van der Waals surface area (Å²) >= 11 is 3.03. The average Bonchev–Trinajstić information content (AvgIpc) is 2.73. The molecule has 0 fully saturated rings. The van der Waals surface area contributed by atoms with Gasteiger partial charge in [-0.1, -0.05) is 0 Å². The molecule has 0 spiro atoms. The number of ketones is 1. The van der Waals surface area contributed by atoms with Gasteiger partial charge in [0, 0.05) is 5.56 Å². The van der Waals surface area contributed by atoms with Gasteiger partial charge < -0.3 is 4.42 Å². The molecule has 2 nitrogen and oxygen atoms in total. The molecule has 19 heavy (non-hydrogen) atoms. The molecule has 0 radical (unpaired) electrons. The molecule has 0 aliphatic rings. The molecule has 2 rings (SSSR count). The van der Waals surface area contributed by atoms with Crippen molar-refractivity contribution < 1.29 is 26.8 Å². The van der Waals surface area contributed by atoms with E-state index in [2.05, 4.69) is 15.9 Å². The van der Waals surface area contributed by atoms with Gasteiger partial charge in [-0.3, -0.25) is 4.79 Å². The monoisotopic (exact) mass is 336 g/mol. The summed E-state index contributed by atoms with van der Waals surface area (Å²) in [5, 5.41) is 0. The number of furan rings is 1. The average molecular weight is 337 g/mol. The van der Waals surface area contributed by atoms with Crippen LogP contribution in [0.3, 0.4) is 0 Å². The van der Waals surface area contributed by atoms with Crippen LogP contribution in [0.2, 0.25) is 0 Å². The lowest BCUT2D eigenvalue weighted by Gasteiger charge is -2.09. The predicted molar refractivity (Wildman–Crippen MR) is 61.2 cm³/mol. The van der Waals surface area contributed by atoms with E-state index in [1.165, 1.54) is 12.3 Å². The normalized spacial score (nSPS) is 11.6. The van der Waals surface area contributed by atoms with Crippen LogP contribution in [0.4, 0.5) is 17.6 Å². The number of alkyl halides is 3. The SMILES string of the molecule is O=C(c1ccc(F)c(C(F)(F)F)c1)c1occc1Br. The molecular weight excluding hydrogens is 332 g/mol. The largest absolute Gasteiger partial charge is 0.460 e. The summed E-state index contributed by atoms with van der Waals surface area (Å²) in [4.78, 5) is 11.9. The Labute approximate surface area is 113 Å². The minimum Gasteiger partial charge on any atom is -0.460 e. The highest BCUT2D eigenvalue weighted by atomic mass is 79.9. The molecule has 0 atom stereocenters. The number of hydrogen-bond donors (Lipinski definition) is 0. The van der Waals surface area contributed by atoms with Crippen molar-refractivity contribution in [1.29, 1.82) is 0 Å². The second kappa shape index (κ2) is 4.80. The van der Waals surface area contributed by atoms with Gasteiger partial charge in [-0.25, -0.2) is 4.39 Å². The summed E-state index contributed by atoms with van der Waals surface area (Å²) in [5.74, 6) is -2.33. The Hall–Kier alpha value is -1.63. The lowest BCUT2D eigenvalue weighted by atomic mass is 10.0. The molecule has 0 unspecified atom stereocenters. The first-order chi connectivity index (χ1) is 8.80. The van der Waals surface area contributed by atoms with Crippen molar-refractivity contribution in [3.63, 3.8) is 0 Å². The molecule has 1 heterocycles. The maximum Gasteiger partial charge on any atom is 0.419 e. The van der Waals surface area contributed by atoms with Crippen LogP contribution >= 0.6 is 15.9 Å². The molecule has 2 aromatic rings. The fourth-order valence-electron chi connectivity index (χ4n) is 1.47. The minimum absolute atomic E-state index is 0.139. The van der Waals surface area contributed by atoms with Crippen LogP contribution in [0.5, 0.6) is 0 Å². The summed E-state index contributed by atoms with van der Waals surface area (Å²) < 4.78 is 55.9. The van der Waals surface area contributed by atoms with Gasteiger partial charge >= 0.3 is 6.18 Å². The van der Waals surface area contributed by atoms with Gasteiger partial charge in [0.2, 0.25) is 5.78 Å². The van der Waals surface area contributed by atoms with E-state index in [0.29, 0.717) is 16.6 Å². The van der Waals surface area contributed by atoms with Crippen LogP contribution in [-0.4, -0.2) is 5.78 Å². The first-order valence-electron chi connectivity index (χ1n) is 4.95. The van der Waals surface area contributed by atoms with Gasteiger partial charge in [-0.15, -0.1) is 0 Å². The summed E-state index contributed by atoms with van der Waals surface area (Å²) in [7, 11) is 0. The second-order valence-electron chi connectivity index (χ2n) is 3.62. The van der Waals surface area contributed by atoms with Crippen LogP contribution in [0.1, 0.15) is 21.7 Å². The fraction of sp³-hybridized carbons (Fsp3) is 0.0833. The minimum atomic E-state index is -4.86. The van der Waals surface area contributed by atoms with Gasteiger partial charge in [-0.05, 0) is 40.2 Å². The van der Waals surface area contributed by atoms with Crippen molar-refractivity contribution in [1.82, 2.24) is 0 Å². The highest BCUT2D eigenvalue weighted by Crippen LogP contribution is 2.32. The molecule has 0 saturated carbocycles. The van der Waals surface area contributed by atoms with Crippen LogP contribution in [0.15, 0.2) is 39.4 Å². The first kappa shape index (κ1) is 13.8. The van der Waals surface area contributed by atoms with Gasteiger partial charge in [0.1, 0.15) is 5.82 Å². The number of halogens is 5. The Morgan fingerprint density at radius 1 is 1.21 bits per heavy atom. The smallest absolute Gasteiger partial charge is 0.419 e. The zero-order valence-corrected chi connectivity index (χ0v) is 10.7.